The molecule has 1 fully saturated rings. The van der Waals surface area contributed by atoms with E-state index in [-0.39, 0.29) is 12.5 Å². The van der Waals surface area contributed by atoms with Gasteiger partial charge in [-0.25, -0.2) is 4.79 Å². The molecule has 1 aromatic carbocycles. The number of fused-ring (bicyclic) bond motifs is 1. The molecule has 0 saturated carbocycles. The first-order valence-corrected chi connectivity index (χ1v) is 7.80. The van der Waals surface area contributed by atoms with Crippen LogP contribution >= 0.6 is 0 Å². The first kappa shape index (κ1) is 15.8. The number of ether oxygens (including phenoxy) is 2. The Bertz CT molecular complexity index is 638. The van der Waals surface area contributed by atoms with Crippen molar-refractivity contribution in [2.45, 2.75) is 45.0 Å². The lowest BCUT2D eigenvalue weighted by atomic mass is 10.0. The van der Waals surface area contributed by atoms with Gasteiger partial charge in [0, 0.05) is 24.2 Å². The third-order valence-corrected chi connectivity index (χ3v) is 4.07. The van der Waals surface area contributed by atoms with Gasteiger partial charge >= 0.3 is 6.09 Å². The second-order valence-electron chi connectivity index (χ2n) is 7.05. The number of hydrogen-bond acceptors (Lipinski definition) is 4. The molecule has 1 saturated heterocycles. The van der Waals surface area contributed by atoms with Gasteiger partial charge < -0.3 is 19.7 Å². The molecular formula is C17H22N2O4. The number of benzene rings is 1. The molecule has 2 amide bonds. The molecule has 6 heteroatoms. The summed E-state index contributed by atoms with van der Waals surface area (Å²) < 4.78 is 11.3. The summed E-state index contributed by atoms with van der Waals surface area (Å²) in [5.74, 6) is -0.200. The molecule has 124 valence electrons. The van der Waals surface area contributed by atoms with E-state index in [4.69, 9.17) is 9.47 Å². The van der Waals surface area contributed by atoms with Gasteiger partial charge in [0.2, 0.25) is 0 Å². The number of nitrogens with one attached hydrogen (secondary N) is 1. The number of anilines is 1. The fourth-order valence-corrected chi connectivity index (χ4v) is 2.85. The van der Waals surface area contributed by atoms with E-state index in [1.165, 1.54) is 0 Å². The van der Waals surface area contributed by atoms with Crippen molar-refractivity contribution in [2.75, 3.05) is 18.4 Å². The van der Waals surface area contributed by atoms with Gasteiger partial charge in [-0.3, -0.25) is 4.79 Å². The number of nitrogens with zero attached hydrogens (tertiary/aromatic N) is 1. The smallest absolute Gasteiger partial charge is 0.410 e. The van der Waals surface area contributed by atoms with E-state index in [0.717, 1.165) is 11.3 Å². The van der Waals surface area contributed by atoms with E-state index in [9.17, 15) is 9.59 Å². The molecule has 0 bridgehead atoms. The van der Waals surface area contributed by atoms with E-state index in [1.807, 2.05) is 45.0 Å². The monoisotopic (exact) mass is 318 g/mol. The Labute approximate surface area is 135 Å². The quantitative estimate of drug-likeness (QED) is 0.798. The summed E-state index contributed by atoms with van der Waals surface area (Å²) in [6, 6.07) is 7.57. The molecule has 6 nitrogen and oxygen atoms in total. The van der Waals surface area contributed by atoms with Crippen LogP contribution < -0.4 is 5.32 Å². The lowest BCUT2D eigenvalue weighted by molar-refractivity contribution is -0.140. The summed E-state index contributed by atoms with van der Waals surface area (Å²) in [7, 11) is 0. The molecule has 2 heterocycles. The average Bonchev–Trinajstić information content (AvgIpc) is 2.85. The van der Waals surface area contributed by atoms with Crippen LogP contribution in [0.5, 0.6) is 0 Å². The maximum atomic E-state index is 12.6. The highest BCUT2D eigenvalue weighted by atomic mass is 16.6. The predicted molar refractivity (Wildman–Crippen MR) is 85.0 cm³/mol. The normalized spacial score (nSPS) is 24.1. The lowest BCUT2D eigenvalue weighted by Crippen LogP contribution is -2.47. The molecule has 0 aromatic heterocycles. The van der Waals surface area contributed by atoms with Crippen LogP contribution in [0.25, 0.3) is 0 Å². The van der Waals surface area contributed by atoms with Crippen molar-refractivity contribution in [1.82, 2.24) is 4.90 Å². The first-order valence-electron chi connectivity index (χ1n) is 7.80. The number of hydrogen-bond donors (Lipinski definition) is 1. The van der Waals surface area contributed by atoms with Gasteiger partial charge in [-0.05, 0) is 26.8 Å². The molecular weight excluding hydrogens is 296 g/mol. The minimum atomic E-state index is -1.00. The van der Waals surface area contributed by atoms with Crippen LogP contribution in [0.15, 0.2) is 24.3 Å². The van der Waals surface area contributed by atoms with Gasteiger partial charge in [0.05, 0.1) is 13.2 Å². The van der Waals surface area contributed by atoms with Crippen molar-refractivity contribution in [2.24, 2.45) is 0 Å². The van der Waals surface area contributed by atoms with E-state index >= 15 is 0 Å². The third kappa shape index (κ3) is 3.17. The number of para-hydroxylation sites is 1. The first-order chi connectivity index (χ1) is 10.8. The second-order valence-corrected chi connectivity index (χ2v) is 7.05. The Morgan fingerprint density at radius 3 is 2.83 bits per heavy atom. The van der Waals surface area contributed by atoms with E-state index in [0.29, 0.717) is 19.6 Å². The minimum Gasteiger partial charge on any atom is -0.444 e. The van der Waals surface area contributed by atoms with Crippen LogP contribution in [0.2, 0.25) is 0 Å². The summed E-state index contributed by atoms with van der Waals surface area (Å²) in [4.78, 5) is 26.4. The van der Waals surface area contributed by atoms with Gasteiger partial charge in [0.15, 0.2) is 5.60 Å². The molecule has 0 radical (unpaired) electrons. The van der Waals surface area contributed by atoms with Gasteiger partial charge in [-0.1, -0.05) is 18.2 Å². The Kier molecular flexibility index (Phi) is 3.80. The topological polar surface area (TPSA) is 67.9 Å². The van der Waals surface area contributed by atoms with Crippen LogP contribution in [0, 0.1) is 0 Å². The molecule has 23 heavy (non-hydrogen) atoms. The fraction of sp³-hybridized carbons (Fsp3) is 0.529. The van der Waals surface area contributed by atoms with Gasteiger partial charge in [0.1, 0.15) is 5.60 Å². The molecule has 3 rings (SSSR count). The molecule has 1 spiro atoms. The van der Waals surface area contributed by atoms with Crippen molar-refractivity contribution < 1.29 is 19.1 Å². The standard InChI is InChI=1S/C17H22N2O4/c1-16(2,3)23-15(21)19-9-8-17(11-19)14(20)18-13-7-5-4-6-12(13)10-22-17/h4-7H,8-11H2,1-3H3,(H,18,20). The summed E-state index contributed by atoms with van der Waals surface area (Å²) in [5, 5.41) is 2.92. The Hall–Kier alpha value is -2.08. The molecule has 2 aliphatic heterocycles. The zero-order valence-corrected chi connectivity index (χ0v) is 13.7. The Morgan fingerprint density at radius 2 is 2.09 bits per heavy atom. The van der Waals surface area contributed by atoms with Gasteiger partial charge in [0.25, 0.3) is 5.91 Å². The molecule has 1 unspecified atom stereocenters. The van der Waals surface area contributed by atoms with E-state index < -0.39 is 17.3 Å². The van der Waals surface area contributed by atoms with Crippen LogP contribution in [0.1, 0.15) is 32.8 Å². The lowest BCUT2D eigenvalue weighted by Gasteiger charge is -2.27. The number of carbonyl (C=O) groups is 2. The van der Waals surface area contributed by atoms with Gasteiger partial charge in [-0.15, -0.1) is 0 Å². The largest absolute Gasteiger partial charge is 0.444 e. The van der Waals surface area contributed by atoms with Crippen LogP contribution in [-0.2, 0) is 20.9 Å². The average molecular weight is 318 g/mol. The number of amides is 2. The van der Waals surface area contributed by atoms with Gasteiger partial charge in [-0.2, -0.15) is 0 Å². The SMILES string of the molecule is CC(C)(C)OC(=O)N1CCC2(C1)OCc1ccccc1NC2=O. The zero-order valence-electron chi connectivity index (χ0n) is 13.7. The minimum absolute atomic E-state index is 0.200. The molecule has 1 N–H and O–H groups in total. The summed E-state index contributed by atoms with van der Waals surface area (Å²) in [6.45, 7) is 6.46. The summed E-state index contributed by atoms with van der Waals surface area (Å²) in [6.07, 6.45) is 0.0547. The molecule has 2 aliphatic rings. The fourth-order valence-electron chi connectivity index (χ4n) is 2.85. The Morgan fingerprint density at radius 1 is 1.35 bits per heavy atom. The van der Waals surface area contributed by atoms with E-state index in [1.54, 1.807) is 4.90 Å². The third-order valence-electron chi connectivity index (χ3n) is 4.07. The summed E-state index contributed by atoms with van der Waals surface area (Å²) >= 11 is 0. The van der Waals surface area contributed by atoms with Crippen LogP contribution in [0.3, 0.4) is 0 Å². The van der Waals surface area contributed by atoms with Crippen LogP contribution in [0.4, 0.5) is 10.5 Å². The maximum absolute atomic E-state index is 12.6. The highest BCUT2D eigenvalue weighted by molar-refractivity contribution is 5.99. The predicted octanol–water partition coefficient (Wildman–Crippen LogP) is 2.53. The van der Waals surface area contributed by atoms with Crippen molar-refractivity contribution >= 4 is 17.7 Å². The van der Waals surface area contributed by atoms with Crippen molar-refractivity contribution in [3.63, 3.8) is 0 Å². The number of carbonyl (C=O) groups excluding carboxylic acids is 2. The highest BCUT2D eigenvalue weighted by Gasteiger charge is 2.49. The molecule has 0 aliphatic carbocycles. The molecule has 1 atom stereocenters. The number of likely N-dealkylation sites (tertiary alicyclic amines) is 1. The van der Waals surface area contributed by atoms with Crippen molar-refractivity contribution in [3.8, 4) is 0 Å². The summed E-state index contributed by atoms with van der Waals surface area (Å²) in [5.41, 5.74) is 0.143. The number of rotatable bonds is 0. The Balaban J connectivity index is 1.74. The second kappa shape index (κ2) is 5.53. The van der Waals surface area contributed by atoms with Crippen LogP contribution in [-0.4, -0.2) is 41.2 Å². The van der Waals surface area contributed by atoms with Crippen molar-refractivity contribution in [1.29, 1.82) is 0 Å². The van der Waals surface area contributed by atoms with Crippen molar-refractivity contribution in [3.05, 3.63) is 29.8 Å². The highest BCUT2D eigenvalue weighted by Crippen LogP contribution is 2.33. The molecule has 1 aromatic rings. The van der Waals surface area contributed by atoms with E-state index in [2.05, 4.69) is 5.32 Å². The zero-order chi connectivity index (χ0) is 16.7. The maximum Gasteiger partial charge on any atom is 0.410 e.